The molecule has 18 heavy (non-hydrogen) atoms. The molecule has 2 fully saturated rings. The molecular weight excluding hydrogens is 224 g/mol. The minimum Gasteiger partial charge on any atom is -0.389 e. The largest absolute Gasteiger partial charge is 0.389 e. The fourth-order valence-electron chi connectivity index (χ4n) is 3.49. The summed E-state index contributed by atoms with van der Waals surface area (Å²) in [5, 5.41) is 20.2. The van der Waals surface area contributed by atoms with Crippen molar-refractivity contribution in [3.63, 3.8) is 0 Å². The average molecular weight is 252 g/mol. The molecule has 2 nitrogen and oxygen atoms in total. The van der Waals surface area contributed by atoms with Gasteiger partial charge in [-0.2, -0.15) is 0 Å². The van der Waals surface area contributed by atoms with Crippen LogP contribution < -0.4 is 0 Å². The molecule has 0 bridgehead atoms. The van der Waals surface area contributed by atoms with Crippen LogP contribution >= 0.6 is 0 Å². The third-order valence-corrected chi connectivity index (χ3v) is 4.77. The van der Waals surface area contributed by atoms with Gasteiger partial charge in [0.15, 0.2) is 0 Å². The summed E-state index contributed by atoms with van der Waals surface area (Å²) in [5.41, 5.74) is 0. The van der Waals surface area contributed by atoms with Gasteiger partial charge in [-0.15, -0.1) is 0 Å². The topological polar surface area (TPSA) is 40.5 Å². The van der Waals surface area contributed by atoms with Gasteiger partial charge in [0.05, 0.1) is 12.2 Å². The van der Waals surface area contributed by atoms with Crippen LogP contribution in [0.4, 0.5) is 0 Å². The second-order valence-corrected chi connectivity index (χ2v) is 6.16. The monoisotopic (exact) mass is 252 g/mol. The highest BCUT2D eigenvalue weighted by Crippen LogP contribution is 2.29. The summed E-state index contributed by atoms with van der Waals surface area (Å²) in [6.45, 7) is 0. The maximum absolute atomic E-state index is 10.1. The molecule has 0 heterocycles. The molecule has 2 atom stereocenters. The summed E-state index contributed by atoms with van der Waals surface area (Å²) in [6.07, 6.45) is 15.2. The summed E-state index contributed by atoms with van der Waals surface area (Å²) >= 11 is 0. The second kappa shape index (κ2) is 7.30. The van der Waals surface area contributed by atoms with Crippen LogP contribution in [0.2, 0.25) is 0 Å². The molecule has 104 valence electrons. The standard InChI is InChI=1S/C16H28O2/c17-15(13-7-3-1-4-8-13)11-12-16(18)14-9-5-2-6-10-14/h11-18H,1-10H2/b12-11+/t15-,16-/m1/s1. The van der Waals surface area contributed by atoms with E-state index < -0.39 is 0 Å². The van der Waals surface area contributed by atoms with Gasteiger partial charge >= 0.3 is 0 Å². The highest BCUT2D eigenvalue weighted by atomic mass is 16.3. The fourth-order valence-corrected chi connectivity index (χ4v) is 3.49. The molecular formula is C16H28O2. The van der Waals surface area contributed by atoms with E-state index in [4.69, 9.17) is 0 Å². The van der Waals surface area contributed by atoms with E-state index in [9.17, 15) is 10.2 Å². The first-order chi connectivity index (χ1) is 8.77. The highest BCUT2D eigenvalue weighted by Gasteiger charge is 2.22. The van der Waals surface area contributed by atoms with E-state index in [2.05, 4.69) is 0 Å². The minimum absolute atomic E-state index is 0.344. The zero-order valence-electron chi connectivity index (χ0n) is 11.4. The number of rotatable bonds is 4. The Labute approximate surface area is 111 Å². The maximum atomic E-state index is 10.1. The summed E-state index contributed by atoms with van der Waals surface area (Å²) in [6, 6.07) is 0. The third-order valence-electron chi connectivity index (χ3n) is 4.77. The van der Waals surface area contributed by atoms with Gasteiger partial charge in [0.1, 0.15) is 0 Å². The molecule has 0 aromatic rings. The van der Waals surface area contributed by atoms with Crippen LogP contribution in [0.15, 0.2) is 12.2 Å². The third kappa shape index (κ3) is 4.10. The first-order valence-electron chi connectivity index (χ1n) is 7.82. The minimum atomic E-state index is -0.344. The predicted octanol–water partition coefficient (Wildman–Crippen LogP) is 3.43. The smallest absolute Gasteiger partial charge is 0.0749 e. The second-order valence-electron chi connectivity index (χ2n) is 6.16. The maximum Gasteiger partial charge on any atom is 0.0749 e. The van der Waals surface area contributed by atoms with Gasteiger partial charge in [0, 0.05) is 0 Å². The Balaban J connectivity index is 1.77. The average Bonchev–Trinajstić information content (AvgIpc) is 2.46. The van der Waals surface area contributed by atoms with E-state index in [1.807, 2.05) is 12.2 Å². The van der Waals surface area contributed by atoms with E-state index in [0.29, 0.717) is 11.8 Å². The van der Waals surface area contributed by atoms with Crippen molar-refractivity contribution in [1.82, 2.24) is 0 Å². The van der Waals surface area contributed by atoms with Crippen molar-refractivity contribution in [1.29, 1.82) is 0 Å². The van der Waals surface area contributed by atoms with Gasteiger partial charge in [-0.3, -0.25) is 0 Å². The molecule has 0 amide bonds. The predicted molar refractivity (Wildman–Crippen MR) is 74.3 cm³/mol. The van der Waals surface area contributed by atoms with Gasteiger partial charge in [-0.25, -0.2) is 0 Å². The summed E-state index contributed by atoms with van der Waals surface area (Å²) in [7, 11) is 0. The molecule has 0 unspecified atom stereocenters. The normalized spacial score (nSPS) is 27.4. The zero-order chi connectivity index (χ0) is 12.8. The van der Waals surface area contributed by atoms with Gasteiger partial charge in [0.25, 0.3) is 0 Å². The van der Waals surface area contributed by atoms with Crippen molar-refractivity contribution in [2.45, 2.75) is 76.4 Å². The van der Waals surface area contributed by atoms with Crippen LogP contribution in [-0.2, 0) is 0 Å². The molecule has 0 spiro atoms. The molecule has 2 saturated carbocycles. The Morgan fingerprint density at radius 1 is 0.611 bits per heavy atom. The van der Waals surface area contributed by atoms with E-state index in [1.54, 1.807) is 0 Å². The summed E-state index contributed by atoms with van der Waals surface area (Å²) in [5.74, 6) is 0.849. The molecule has 0 saturated heterocycles. The van der Waals surface area contributed by atoms with E-state index >= 15 is 0 Å². The Hall–Kier alpha value is -0.340. The van der Waals surface area contributed by atoms with Crippen LogP contribution in [0.5, 0.6) is 0 Å². The summed E-state index contributed by atoms with van der Waals surface area (Å²) in [4.78, 5) is 0. The van der Waals surface area contributed by atoms with Gasteiger partial charge in [-0.1, -0.05) is 50.7 Å². The van der Waals surface area contributed by atoms with Gasteiger partial charge in [0.2, 0.25) is 0 Å². The Morgan fingerprint density at radius 2 is 0.944 bits per heavy atom. The lowest BCUT2D eigenvalue weighted by atomic mass is 9.83. The number of aliphatic hydroxyl groups is 2. The van der Waals surface area contributed by atoms with Gasteiger partial charge < -0.3 is 10.2 Å². The van der Waals surface area contributed by atoms with Gasteiger partial charge in [-0.05, 0) is 37.5 Å². The van der Waals surface area contributed by atoms with Crippen molar-refractivity contribution in [3.05, 3.63) is 12.2 Å². The molecule has 2 aliphatic carbocycles. The Bertz CT molecular complexity index is 224. The van der Waals surface area contributed by atoms with Crippen LogP contribution in [0.1, 0.15) is 64.2 Å². The molecule has 0 aromatic carbocycles. The Kier molecular flexibility index (Phi) is 5.71. The first kappa shape index (κ1) is 14.1. The highest BCUT2D eigenvalue weighted by molar-refractivity contribution is 4.98. The lowest BCUT2D eigenvalue weighted by Gasteiger charge is -2.26. The van der Waals surface area contributed by atoms with Crippen molar-refractivity contribution in [2.75, 3.05) is 0 Å². The number of hydrogen-bond acceptors (Lipinski definition) is 2. The lowest BCUT2D eigenvalue weighted by Crippen LogP contribution is -2.24. The first-order valence-corrected chi connectivity index (χ1v) is 7.82. The molecule has 2 aliphatic rings. The van der Waals surface area contributed by atoms with Crippen molar-refractivity contribution in [3.8, 4) is 0 Å². The molecule has 2 heteroatoms. The molecule has 0 radical (unpaired) electrons. The lowest BCUT2D eigenvalue weighted by molar-refractivity contribution is 0.111. The molecule has 2 N–H and O–H groups in total. The SMILES string of the molecule is O[C@H](/C=C/[C@@H](O)C1CCCCC1)C1CCCCC1. The molecule has 2 rings (SSSR count). The van der Waals surface area contributed by atoms with Crippen LogP contribution in [0.25, 0.3) is 0 Å². The van der Waals surface area contributed by atoms with E-state index in [-0.39, 0.29) is 12.2 Å². The molecule has 0 aliphatic heterocycles. The van der Waals surface area contributed by atoms with Crippen molar-refractivity contribution >= 4 is 0 Å². The zero-order valence-corrected chi connectivity index (χ0v) is 11.4. The van der Waals surface area contributed by atoms with Crippen molar-refractivity contribution in [2.24, 2.45) is 11.8 Å². The van der Waals surface area contributed by atoms with Crippen molar-refractivity contribution < 1.29 is 10.2 Å². The van der Waals surface area contributed by atoms with E-state index in [0.717, 1.165) is 25.7 Å². The van der Waals surface area contributed by atoms with E-state index in [1.165, 1.54) is 38.5 Å². The Morgan fingerprint density at radius 3 is 1.28 bits per heavy atom. The fraction of sp³-hybridized carbons (Fsp3) is 0.875. The number of aliphatic hydroxyl groups excluding tert-OH is 2. The molecule has 0 aromatic heterocycles. The van der Waals surface area contributed by atoms with Crippen LogP contribution in [0, 0.1) is 11.8 Å². The van der Waals surface area contributed by atoms with Crippen LogP contribution in [0.3, 0.4) is 0 Å². The van der Waals surface area contributed by atoms with Crippen LogP contribution in [-0.4, -0.2) is 22.4 Å². The summed E-state index contributed by atoms with van der Waals surface area (Å²) < 4.78 is 0. The number of hydrogen-bond donors (Lipinski definition) is 2. The quantitative estimate of drug-likeness (QED) is 0.753.